The van der Waals surface area contributed by atoms with Gasteiger partial charge in [0.15, 0.2) is 0 Å². The van der Waals surface area contributed by atoms with E-state index in [9.17, 15) is 22.4 Å². The van der Waals surface area contributed by atoms with Crippen molar-refractivity contribution in [3.8, 4) is 5.75 Å². The number of carbonyl (C=O) groups is 2. The molecule has 0 fully saturated rings. The molecule has 0 heterocycles. The molecule has 2 amide bonds. The van der Waals surface area contributed by atoms with Crippen LogP contribution in [-0.2, 0) is 26.2 Å². The summed E-state index contributed by atoms with van der Waals surface area (Å²) in [5.41, 5.74) is 0.805. The summed E-state index contributed by atoms with van der Waals surface area (Å²) in [7, 11) is -4.32. The maximum Gasteiger partial charge on any atom is 0.264 e. The molecule has 1 atom stereocenters. The molecule has 0 spiro atoms. The fourth-order valence-corrected chi connectivity index (χ4v) is 5.77. The third-order valence-corrected chi connectivity index (χ3v) is 8.31. The van der Waals surface area contributed by atoms with Gasteiger partial charge >= 0.3 is 0 Å². The highest BCUT2D eigenvalue weighted by molar-refractivity contribution is 7.92. The van der Waals surface area contributed by atoms with Gasteiger partial charge in [0.1, 0.15) is 24.2 Å². The van der Waals surface area contributed by atoms with E-state index in [4.69, 9.17) is 16.3 Å². The molecular weight excluding hydrogens is 557 g/mol. The Labute approximate surface area is 239 Å². The van der Waals surface area contributed by atoms with E-state index in [0.717, 1.165) is 28.6 Å². The number of ether oxygens (including phenoxy) is 1. The normalized spacial score (nSPS) is 11.9. The molecular formula is C29H33ClFN3O5S. The van der Waals surface area contributed by atoms with Crippen LogP contribution in [0, 0.1) is 5.82 Å². The van der Waals surface area contributed by atoms with E-state index in [1.54, 1.807) is 50.2 Å². The molecule has 0 saturated heterocycles. The zero-order valence-electron chi connectivity index (χ0n) is 22.6. The molecule has 0 radical (unpaired) electrons. The molecule has 0 saturated carbocycles. The molecule has 0 aliphatic rings. The number of benzene rings is 3. The Bertz CT molecular complexity index is 1400. The monoisotopic (exact) mass is 589 g/mol. The topological polar surface area (TPSA) is 96.0 Å². The first-order valence-corrected chi connectivity index (χ1v) is 14.8. The van der Waals surface area contributed by atoms with Crippen molar-refractivity contribution in [3.63, 3.8) is 0 Å². The quantitative estimate of drug-likeness (QED) is 0.302. The first-order chi connectivity index (χ1) is 19.1. The van der Waals surface area contributed by atoms with Crippen molar-refractivity contribution in [2.24, 2.45) is 0 Å². The van der Waals surface area contributed by atoms with Gasteiger partial charge in [-0.05, 0) is 80.4 Å². The number of likely N-dealkylation sites (N-methyl/N-ethyl adjacent to an activating group) is 1. The minimum atomic E-state index is -4.32. The third kappa shape index (κ3) is 7.51. The van der Waals surface area contributed by atoms with Gasteiger partial charge in [-0.1, -0.05) is 36.7 Å². The lowest BCUT2D eigenvalue weighted by atomic mass is 10.1. The highest BCUT2D eigenvalue weighted by atomic mass is 35.5. The van der Waals surface area contributed by atoms with Crippen LogP contribution < -0.4 is 14.4 Å². The molecule has 40 heavy (non-hydrogen) atoms. The van der Waals surface area contributed by atoms with Crippen LogP contribution in [0.1, 0.15) is 32.8 Å². The number of hydrogen-bond acceptors (Lipinski definition) is 5. The zero-order valence-corrected chi connectivity index (χ0v) is 24.2. The van der Waals surface area contributed by atoms with E-state index in [0.29, 0.717) is 29.5 Å². The maximum absolute atomic E-state index is 14.0. The van der Waals surface area contributed by atoms with Crippen molar-refractivity contribution >= 4 is 39.1 Å². The number of carbonyl (C=O) groups excluding carboxylic acids is 2. The van der Waals surface area contributed by atoms with E-state index >= 15 is 0 Å². The summed E-state index contributed by atoms with van der Waals surface area (Å²) >= 11 is 6.38. The lowest BCUT2D eigenvalue weighted by Gasteiger charge is -2.33. The molecule has 214 valence electrons. The van der Waals surface area contributed by atoms with E-state index in [-0.39, 0.29) is 29.5 Å². The molecule has 0 unspecified atom stereocenters. The predicted octanol–water partition coefficient (Wildman–Crippen LogP) is 5.02. The molecule has 3 rings (SSSR count). The SMILES string of the molecule is CCNC(=O)[C@@H](CC)N(Cc1ccccc1Cl)C(=O)CN(c1ccc(OCC)cc1)S(=O)(=O)c1ccc(F)cc1. The average Bonchev–Trinajstić information content (AvgIpc) is 2.93. The van der Waals surface area contributed by atoms with Gasteiger partial charge in [-0.25, -0.2) is 12.8 Å². The Morgan fingerprint density at radius 2 is 1.62 bits per heavy atom. The molecule has 8 nitrogen and oxygen atoms in total. The number of nitrogens with zero attached hydrogens (tertiary/aromatic N) is 2. The number of hydrogen-bond donors (Lipinski definition) is 1. The van der Waals surface area contributed by atoms with Crippen LogP contribution in [0.4, 0.5) is 10.1 Å². The van der Waals surface area contributed by atoms with E-state index in [1.165, 1.54) is 17.0 Å². The van der Waals surface area contributed by atoms with Gasteiger partial charge in [0, 0.05) is 18.1 Å². The number of nitrogens with one attached hydrogen (secondary N) is 1. The molecule has 1 N–H and O–H groups in total. The third-order valence-electron chi connectivity index (χ3n) is 6.15. The van der Waals surface area contributed by atoms with Crippen LogP contribution in [0.2, 0.25) is 5.02 Å². The largest absolute Gasteiger partial charge is 0.494 e. The summed E-state index contributed by atoms with van der Waals surface area (Å²) in [6, 6.07) is 16.7. The lowest BCUT2D eigenvalue weighted by molar-refractivity contribution is -0.140. The van der Waals surface area contributed by atoms with Crippen molar-refractivity contribution in [2.45, 2.75) is 44.7 Å². The van der Waals surface area contributed by atoms with Crippen molar-refractivity contribution in [2.75, 3.05) is 24.0 Å². The van der Waals surface area contributed by atoms with E-state index in [1.807, 2.05) is 6.92 Å². The zero-order chi connectivity index (χ0) is 29.3. The number of anilines is 1. The van der Waals surface area contributed by atoms with Crippen LogP contribution in [0.3, 0.4) is 0 Å². The summed E-state index contributed by atoms with van der Waals surface area (Å²) in [6.45, 7) is 5.52. The number of halogens is 2. The summed E-state index contributed by atoms with van der Waals surface area (Å²) in [5.74, 6) is -1.04. The number of rotatable bonds is 13. The van der Waals surface area contributed by atoms with Crippen LogP contribution in [-0.4, -0.2) is 50.9 Å². The highest BCUT2D eigenvalue weighted by Gasteiger charge is 2.33. The van der Waals surface area contributed by atoms with Crippen LogP contribution >= 0.6 is 11.6 Å². The highest BCUT2D eigenvalue weighted by Crippen LogP contribution is 2.27. The van der Waals surface area contributed by atoms with Gasteiger partial charge < -0.3 is 15.0 Å². The first kappa shape index (κ1) is 30.9. The number of amides is 2. The predicted molar refractivity (Wildman–Crippen MR) is 153 cm³/mol. The molecule has 11 heteroatoms. The summed E-state index contributed by atoms with van der Waals surface area (Å²) in [6.07, 6.45) is 0.287. The summed E-state index contributed by atoms with van der Waals surface area (Å²) in [4.78, 5) is 28.1. The first-order valence-electron chi connectivity index (χ1n) is 12.9. The van der Waals surface area contributed by atoms with Crippen molar-refractivity contribution in [1.29, 1.82) is 0 Å². The average molecular weight is 590 g/mol. The Balaban J connectivity index is 2.07. The molecule has 3 aromatic carbocycles. The minimum absolute atomic E-state index is 0.0120. The lowest BCUT2D eigenvalue weighted by Crippen LogP contribution is -2.52. The Morgan fingerprint density at radius 3 is 2.20 bits per heavy atom. The second-order valence-corrected chi connectivity index (χ2v) is 11.1. The van der Waals surface area contributed by atoms with Gasteiger partial charge in [-0.3, -0.25) is 13.9 Å². The summed E-state index contributed by atoms with van der Waals surface area (Å²) < 4.78 is 47.6. The van der Waals surface area contributed by atoms with Crippen LogP contribution in [0.5, 0.6) is 5.75 Å². The second kappa shape index (κ2) is 14.1. The Morgan fingerprint density at radius 1 is 0.975 bits per heavy atom. The van der Waals surface area contributed by atoms with Gasteiger partial charge in [-0.2, -0.15) is 0 Å². The maximum atomic E-state index is 14.0. The molecule has 0 aliphatic heterocycles. The van der Waals surface area contributed by atoms with Crippen LogP contribution in [0.25, 0.3) is 0 Å². The Hall–Kier alpha value is -3.63. The second-order valence-electron chi connectivity index (χ2n) is 8.82. The van der Waals surface area contributed by atoms with Gasteiger partial charge in [-0.15, -0.1) is 0 Å². The molecule has 0 aliphatic carbocycles. The van der Waals surface area contributed by atoms with Gasteiger partial charge in [0.05, 0.1) is 17.2 Å². The minimum Gasteiger partial charge on any atom is -0.494 e. The van der Waals surface area contributed by atoms with Crippen molar-refractivity contribution in [1.82, 2.24) is 10.2 Å². The van der Waals surface area contributed by atoms with E-state index in [2.05, 4.69) is 5.32 Å². The molecule has 3 aromatic rings. The standard InChI is InChI=1S/C29H33ClFN3O5S/c1-4-27(29(36)32-5-2)33(19-21-9-7-8-10-26(21)30)28(35)20-34(23-13-15-24(16-14-23)39-6-3)40(37,38)25-17-11-22(31)12-18-25/h7-18,27H,4-6,19-20H2,1-3H3,(H,32,36)/t27-/m1/s1. The van der Waals surface area contributed by atoms with Crippen molar-refractivity contribution in [3.05, 3.63) is 89.2 Å². The van der Waals surface area contributed by atoms with Gasteiger partial charge in [0.25, 0.3) is 10.0 Å². The number of sulfonamides is 1. The van der Waals surface area contributed by atoms with Gasteiger partial charge in [0.2, 0.25) is 11.8 Å². The van der Waals surface area contributed by atoms with E-state index < -0.39 is 34.3 Å². The molecule has 0 bridgehead atoms. The van der Waals surface area contributed by atoms with Crippen LogP contribution in [0.15, 0.2) is 77.7 Å². The molecule has 0 aromatic heterocycles. The fraction of sp³-hybridized carbons (Fsp3) is 0.310. The summed E-state index contributed by atoms with van der Waals surface area (Å²) in [5, 5.41) is 3.16. The fourth-order valence-electron chi connectivity index (χ4n) is 4.16. The Kier molecular flexibility index (Phi) is 10.9. The van der Waals surface area contributed by atoms with Crippen molar-refractivity contribution < 1.29 is 27.1 Å². The smallest absolute Gasteiger partial charge is 0.264 e.